The predicted octanol–water partition coefficient (Wildman–Crippen LogP) is 2.56. The fraction of sp³-hybridized carbons (Fsp3) is 0.571. The highest BCUT2D eigenvalue weighted by Crippen LogP contribution is 2.18. The van der Waals surface area contributed by atoms with Gasteiger partial charge in [-0.25, -0.2) is 0 Å². The number of hydrogen-bond donors (Lipinski definition) is 2. The fourth-order valence-corrected chi connectivity index (χ4v) is 2.77. The molecular formula is C21H34N4O2. The van der Waals surface area contributed by atoms with Gasteiger partial charge in [0.05, 0.1) is 19.8 Å². The molecule has 0 saturated heterocycles. The first-order valence-electron chi connectivity index (χ1n) is 9.92. The van der Waals surface area contributed by atoms with Gasteiger partial charge >= 0.3 is 0 Å². The quantitative estimate of drug-likeness (QED) is 0.255. The molecule has 0 bridgehead atoms. The molecule has 1 aromatic carbocycles. The molecule has 0 radical (unpaired) electrons. The van der Waals surface area contributed by atoms with Crippen LogP contribution in [0.1, 0.15) is 25.3 Å². The lowest BCUT2D eigenvalue weighted by molar-refractivity contribution is 0.0487. The van der Waals surface area contributed by atoms with Gasteiger partial charge in [-0.3, -0.25) is 4.99 Å². The standard InChI is InChI=1S/C21H34N4O2/c1-3-4-13-26-15-16-27-14-10-23-21(22-2)24-18-19-8-7-9-20(17-19)25-11-5-6-12-25/h5-9,17H,3-4,10-16,18H2,1-2H3,(H2,22,23,24). The summed E-state index contributed by atoms with van der Waals surface area (Å²) in [4.78, 5) is 6.61. The Kier molecular flexibility index (Phi) is 10.4. The second kappa shape index (κ2) is 13.2. The van der Waals surface area contributed by atoms with Gasteiger partial charge in [-0.15, -0.1) is 0 Å². The van der Waals surface area contributed by atoms with Crippen molar-refractivity contribution in [2.45, 2.75) is 26.3 Å². The van der Waals surface area contributed by atoms with Crippen LogP contribution in [0.4, 0.5) is 5.69 Å². The van der Waals surface area contributed by atoms with Gasteiger partial charge in [-0.1, -0.05) is 37.6 Å². The van der Waals surface area contributed by atoms with Gasteiger partial charge in [-0.05, 0) is 24.1 Å². The van der Waals surface area contributed by atoms with E-state index < -0.39 is 0 Å². The van der Waals surface area contributed by atoms with Crippen LogP contribution in [0.5, 0.6) is 0 Å². The average molecular weight is 375 g/mol. The minimum absolute atomic E-state index is 0.634. The highest BCUT2D eigenvalue weighted by Gasteiger charge is 2.08. The zero-order chi connectivity index (χ0) is 19.2. The van der Waals surface area contributed by atoms with Crippen molar-refractivity contribution in [3.05, 3.63) is 42.0 Å². The molecule has 0 unspecified atom stereocenters. The summed E-state index contributed by atoms with van der Waals surface area (Å²) in [5, 5.41) is 6.63. The summed E-state index contributed by atoms with van der Waals surface area (Å²) in [5.74, 6) is 0.783. The summed E-state index contributed by atoms with van der Waals surface area (Å²) in [6, 6.07) is 8.63. The molecule has 1 heterocycles. The molecule has 2 N–H and O–H groups in total. The first kappa shape index (κ1) is 21.3. The molecule has 1 aromatic rings. The lowest BCUT2D eigenvalue weighted by atomic mass is 10.2. The van der Waals surface area contributed by atoms with Crippen molar-refractivity contribution < 1.29 is 9.47 Å². The summed E-state index contributed by atoms with van der Waals surface area (Å²) >= 11 is 0. The first-order chi connectivity index (χ1) is 13.3. The zero-order valence-electron chi connectivity index (χ0n) is 16.7. The number of unbranched alkanes of at least 4 members (excludes halogenated alkanes) is 1. The Balaban J connectivity index is 1.59. The number of aliphatic imine (C=N–C) groups is 1. The number of hydrogen-bond acceptors (Lipinski definition) is 4. The number of benzene rings is 1. The molecule has 0 amide bonds. The lowest BCUT2D eigenvalue weighted by Gasteiger charge is -2.19. The number of nitrogens with zero attached hydrogens (tertiary/aromatic N) is 2. The Morgan fingerprint density at radius 3 is 2.59 bits per heavy atom. The molecule has 2 rings (SSSR count). The Morgan fingerprint density at radius 1 is 1.07 bits per heavy atom. The SMILES string of the molecule is CCCCOCCOCCNC(=NC)NCc1cccc(N2CC=CC2)c1. The van der Waals surface area contributed by atoms with Crippen molar-refractivity contribution in [3.8, 4) is 0 Å². The third-order valence-electron chi connectivity index (χ3n) is 4.33. The molecular weight excluding hydrogens is 340 g/mol. The molecule has 6 nitrogen and oxygen atoms in total. The molecule has 0 atom stereocenters. The summed E-state index contributed by atoms with van der Waals surface area (Å²) < 4.78 is 11.0. The van der Waals surface area contributed by atoms with Crippen molar-refractivity contribution >= 4 is 11.6 Å². The van der Waals surface area contributed by atoms with Crippen LogP contribution in [0.25, 0.3) is 0 Å². The van der Waals surface area contributed by atoms with Crippen LogP contribution in [-0.2, 0) is 16.0 Å². The van der Waals surface area contributed by atoms with Crippen LogP contribution in [0, 0.1) is 0 Å². The highest BCUT2D eigenvalue weighted by atomic mass is 16.5. The molecule has 0 aliphatic carbocycles. The third-order valence-corrected chi connectivity index (χ3v) is 4.33. The molecule has 0 spiro atoms. The summed E-state index contributed by atoms with van der Waals surface area (Å²) in [7, 11) is 1.78. The second-order valence-corrected chi connectivity index (χ2v) is 6.48. The molecule has 1 aliphatic rings. The maximum Gasteiger partial charge on any atom is 0.191 e. The maximum atomic E-state index is 5.56. The minimum Gasteiger partial charge on any atom is -0.379 e. The number of ether oxygens (including phenoxy) is 2. The van der Waals surface area contributed by atoms with E-state index in [1.54, 1.807) is 7.05 Å². The number of nitrogens with one attached hydrogen (secondary N) is 2. The van der Waals surface area contributed by atoms with Crippen molar-refractivity contribution in [3.63, 3.8) is 0 Å². The van der Waals surface area contributed by atoms with Crippen molar-refractivity contribution in [2.75, 3.05) is 58.0 Å². The lowest BCUT2D eigenvalue weighted by Crippen LogP contribution is -2.38. The van der Waals surface area contributed by atoms with Crippen LogP contribution >= 0.6 is 0 Å². The van der Waals surface area contributed by atoms with Crippen LogP contribution in [-0.4, -0.2) is 59.1 Å². The molecule has 1 aliphatic heterocycles. The van der Waals surface area contributed by atoms with E-state index in [0.29, 0.717) is 26.4 Å². The molecule has 0 saturated carbocycles. The number of guanidine groups is 1. The van der Waals surface area contributed by atoms with Crippen LogP contribution < -0.4 is 15.5 Å². The summed E-state index contributed by atoms with van der Waals surface area (Å²) in [5.41, 5.74) is 2.50. The Morgan fingerprint density at radius 2 is 1.85 bits per heavy atom. The van der Waals surface area contributed by atoms with E-state index in [-0.39, 0.29) is 0 Å². The smallest absolute Gasteiger partial charge is 0.191 e. The van der Waals surface area contributed by atoms with E-state index in [0.717, 1.165) is 45.0 Å². The Hall–Kier alpha value is -2.05. The fourth-order valence-electron chi connectivity index (χ4n) is 2.77. The van der Waals surface area contributed by atoms with E-state index in [1.807, 2.05) is 0 Å². The van der Waals surface area contributed by atoms with Gasteiger partial charge in [0.15, 0.2) is 5.96 Å². The monoisotopic (exact) mass is 374 g/mol. The van der Waals surface area contributed by atoms with E-state index >= 15 is 0 Å². The molecule has 6 heteroatoms. The first-order valence-corrected chi connectivity index (χ1v) is 9.92. The maximum absolute atomic E-state index is 5.56. The van der Waals surface area contributed by atoms with Gasteiger partial charge in [-0.2, -0.15) is 0 Å². The minimum atomic E-state index is 0.634. The normalized spacial score (nSPS) is 14.0. The molecule has 0 aromatic heterocycles. The van der Waals surface area contributed by atoms with E-state index in [1.165, 1.54) is 11.3 Å². The Bertz CT molecular complexity index is 581. The van der Waals surface area contributed by atoms with Crippen molar-refractivity contribution in [1.29, 1.82) is 0 Å². The molecule has 0 fully saturated rings. The second-order valence-electron chi connectivity index (χ2n) is 6.48. The largest absolute Gasteiger partial charge is 0.379 e. The van der Waals surface area contributed by atoms with Gasteiger partial charge in [0.1, 0.15) is 0 Å². The summed E-state index contributed by atoms with van der Waals surface area (Å²) in [6.45, 7) is 8.35. The van der Waals surface area contributed by atoms with Crippen molar-refractivity contribution in [1.82, 2.24) is 10.6 Å². The number of rotatable bonds is 12. The topological polar surface area (TPSA) is 58.1 Å². The zero-order valence-corrected chi connectivity index (χ0v) is 16.7. The third kappa shape index (κ3) is 8.45. The molecule has 150 valence electrons. The van der Waals surface area contributed by atoms with Crippen LogP contribution in [0.15, 0.2) is 41.4 Å². The van der Waals surface area contributed by atoms with Gasteiger partial charge in [0.2, 0.25) is 0 Å². The number of anilines is 1. The van der Waals surface area contributed by atoms with E-state index in [2.05, 4.69) is 63.9 Å². The Labute approximate surface area is 163 Å². The average Bonchev–Trinajstić information content (AvgIpc) is 3.24. The van der Waals surface area contributed by atoms with Gasteiger partial charge < -0.3 is 25.0 Å². The van der Waals surface area contributed by atoms with Crippen LogP contribution in [0.3, 0.4) is 0 Å². The predicted molar refractivity (Wildman–Crippen MR) is 113 cm³/mol. The van der Waals surface area contributed by atoms with Gasteiger partial charge in [0, 0.05) is 45.5 Å². The molecule has 27 heavy (non-hydrogen) atoms. The van der Waals surface area contributed by atoms with Gasteiger partial charge in [0.25, 0.3) is 0 Å². The highest BCUT2D eigenvalue weighted by molar-refractivity contribution is 5.79. The van der Waals surface area contributed by atoms with Crippen molar-refractivity contribution in [2.24, 2.45) is 4.99 Å². The van der Waals surface area contributed by atoms with Crippen LogP contribution in [0.2, 0.25) is 0 Å². The van der Waals surface area contributed by atoms with E-state index in [4.69, 9.17) is 9.47 Å². The van der Waals surface area contributed by atoms with E-state index in [9.17, 15) is 0 Å². The summed E-state index contributed by atoms with van der Waals surface area (Å²) in [6.07, 6.45) is 6.68.